The normalized spacial score (nSPS) is 15.1. The lowest BCUT2D eigenvalue weighted by atomic mass is 10.1. The number of hydrogen-bond donors (Lipinski definition) is 0. The second-order valence-electron chi connectivity index (χ2n) is 4.46. The van der Waals surface area contributed by atoms with Gasteiger partial charge in [0.05, 0.1) is 7.11 Å². The highest BCUT2D eigenvalue weighted by atomic mass is 32.2. The molecule has 0 heterocycles. The lowest BCUT2D eigenvalue weighted by Gasteiger charge is -2.16. The van der Waals surface area contributed by atoms with Crippen molar-refractivity contribution in [2.75, 3.05) is 7.11 Å². The summed E-state index contributed by atoms with van der Waals surface area (Å²) in [7, 11) is -4.77. The van der Waals surface area contributed by atoms with E-state index in [0.717, 1.165) is 13.2 Å². The number of carbonyl (C=O) groups excluding carboxylic acids is 1. The number of ether oxygens (including phenoxy) is 1. The van der Waals surface area contributed by atoms with Crippen LogP contribution in [0.3, 0.4) is 0 Å². The summed E-state index contributed by atoms with van der Waals surface area (Å²) in [6, 6.07) is 0. The lowest BCUT2D eigenvalue weighted by molar-refractivity contribution is -0.144. The van der Waals surface area contributed by atoms with Crippen molar-refractivity contribution in [2.24, 2.45) is 11.8 Å². The van der Waals surface area contributed by atoms with Gasteiger partial charge < -0.3 is 8.92 Å². The molecule has 118 valence electrons. The van der Waals surface area contributed by atoms with Crippen LogP contribution in [0.25, 0.3) is 0 Å². The van der Waals surface area contributed by atoms with E-state index >= 15 is 0 Å². The molecule has 0 bridgehead atoms. The number of alkyl halides is 3. The van der Waals surface area contributed by atoms with Crippen molar-refractivity contribution in [3.8, 4) is 0 Å². The summed E-state index contributed by atoms with van der Waals surface area (Å²) in [5, 5.41) is 0. The second kappa shape index (κ2) is 6.96. The Balaban J connectivity index is 5.36. The van der Waals surface area contributed by atoms with Gasteiger partial charge in [-0.25, -0.2) is 0 Å². The van der Waals surface area contributed by atoms with E-state index in [1.807, 2.05) is 0 Å². The van der Waals surface area contributed by atoms with Gasteiger partial charge in [0.2, 0.25) is 0 Å². The van der Waals surface area contributed by atoms with Gasteiger partial charge >= 0.3 is 21.6 Å². The minimum Gasteiger partial charge on any atom is -0.468 e. The number of methoxy groups -OCH3 is 1. The monoisotopic (exact) mass is 318 g/mol. The fourth-order valence-corrected chi connectivity index (χ4v) is 1.66. The zero-order chi connectivity index (χ0) is 16.1. The van der Waals surface area contributed by atoms with E-state index < -0.39 is 33.3 Å². The SMILES string of the molecule is COC(=O)C(C)/C(=C\CC(C)C)OS(=O)(=O)C(F)(F)F. The van der Waals surface area contributed by atoms with Crippen LogP contribution in [0.4, 0.5) is 13.2 Å². The first-order valence-electron chi connectivity index (χ1n) is 5.71. The summed E-state index contributed by atoms with van der Waals surface area (Å²) in [5.41, 5.74) is -5.56. The number of halogens is 3. The molecule has 0 N–H and O–H groups in total. The number of rotatable bonds is 6. The summed E-state index contributed by atoms with van der Waals surface area (Å²) in [6.45, 7) is 4.74. The van der Waals surface area contributed by atoms with E-state index in [-0.39, 0.29) is 12.3 Å². The molecule has 1 atom stereocenters. The van der Waals surface area contributed by atoms with Crippen molar-refractivity contribution >= 4 is 16.1 Å². The number of allylic oxidation sites excluding steroid dienone is 1. The summed E-state index contributed by atoms with van der Waals surface area (Å²) in [5.74, 6) is -2.69. The first-order chi connectivity index (χ1) is 8.92. The van der Waals surface area contributed by atoms with Crippen molar-refractivity contribution in [3.63, 3.8) is 0 Å². The molecular weight excluding hydrogens is 301 g/mol. The van der Waals surface area contributed by atoms with Gasteiger partial charge in [0.1, 0.15) is 11.7 Å². The molecule has 0 rings (SSSR count). The fourth-order valence-electron chi connectivity index (χ4n) is 1.10. The van der Waals surface area contributed by atoms with Crippen molar-refractivity contribution in [1.29, 1.82) is 0 Å². The number of carbonyl (C=O) groups is 1. The summed E-state index contributed by atoms with van der Waals surface area (Å²) < 4.78 is 67.2. The molecule has 0 aromatic rings. The molecule has 20 heavy (non-hydrogen) atoms. The molecule has 5 nitrogen and oxygen atoms in total. The van der Waals surface area contributed by atoms with Gasteiger partial charge in [0.15, 0.2) is 0 Å². The average Bonchev–Trinajstić information content (AvgIpc) is 2.30. The molecule has 1 unspecified atom stereocenters. The van der Waals surface area contributed by atoms with Crippen LogP contribution in [0.15, 0.2) is 11.8 Å². The molecule has 0 saturated carbocycles. The first-order valence-corrected chi connectivity index (χ1v) is 7.11. The maximum Gasteiger partial charge on any atom is 0.534 e. The first kappa shape index (κ1) is 18.8. The van der Waals surface area contributed by atoms with Crippen molar-refractivity contribution < 1.29 is 35.3 Å². The molecule has 0 amide bonds. The van der Waals surface area contributed by atoms with Gasteiger partial charge in [0, 0.05) is 0 Å². The second-order valence-corrected chi connectivity index (χ2v) is 6.00. The molecule has 0 aliphatic rings. The molecule has 0 fully saturated rings. The third-order valence-electron chi connectivity index (χ3n) is 2.26. The van der Waals surface area contributed by atoms with Crippen LogP contribution in [0, 0.1) is 11.8 Å². The Hall–Kier alpha value is -1.25. The molecule has 0 aliphatic heterocycles. The molecule has 9 heteroatoms. The zero-order valence-electron chi connectivity index (χ0n) is 11.5. The maximum atomic E-state index is 12.3. The van der Waals surface area contributed by atoms with Crippen LogP contribution >= 0.6 is 0 Å². The molecule has 0 aliphatic carbocycles. The van der Waals surface area contributed by atoms with E-state index in [2.05, 4.69) is 8.92 Å². The van der Waals surface area contributed by atoms with Gasteiger partial charge in [-0.05, 0) is 25.3 Å². The lowest BCUT2D eigenvalue weighted by Crippen LogP contribution is -2.28. The van der Waals surface area contributed by atoms with Crippen LogP contribution in [-0.4, -0.2) is 27.0 Å². The van der Waals surface area contributed by atoms with Gasteiger partial charge in [-0.15, -0.1) is 0 Å². The summed E-state index contributed by atoms with van der Waals surface area (Å²) in [4.78, 5) is 11.3. The number of esters is 1. The largest absolute Gasteiger partial charge is 0.534 e. The minimum atomic E-state index is -5.81. The molecule has 0 radical (unpaired) electrons. The van der Waals surface area contributed by atoms with Crippen LogP contribution in [0.5, 0.6) is 0 Å². The number of hydrogen-bond acceptors (Lipinski definition) is 5. The van der Waals surface area contributed by atoms with Crippen molar-refractivity contribution in [2.45, 2.75) is 32.7 Å². The Bertz CT molecular complexity index is 465. The van der Waals surface area contributed by atoms with Crippen LogP contribution in [-0.2, 0) is 23.8 Å². The fraction of sp³-hybridized carbons (Fsp3) is 0.727. The zero-order valence-corrected chi connectivity index (χ0v) is 12.3. The minimum absolute atomic E-state index is 0.0482. The third-order valence-corrected chi connectivity index (χ3v) is 3.24. The highest BCUT2D eigenvalue weighted by Gasteiger charge is 2.49. The Morgan fingerprint density at radius 3 is 2.10 bits per heavy atom. The highest BCUT2D eigenvalue weighted by molar-refractivity contribution is 7.87. The van der Waals surface area contributed by atoms with Crippen LogP contribution in [0.2, 0.25) is 0 Å². The van der Waals surface area contributed by atoms with Gasteiger partial charge in [-0.2, -0.15) is 21.6 Å². The van der Waals surface area contributed by atoms with Crippen LogP contribution in [0.1, 0.15) is 27.2 Å². The molecule has 0 aromatic carbocycles. The van der Waals surface area contributed by atoms with Gasteiger partial charge in [-0.1, -0.05) is 13.8 Å². The quantitative estimate of drug-likeness (QED) is 0.326. The third kappa shape index (κ3) is 5.40. The van der Waals surface area contributed by atoms with Crippen molar-refractivity contribution in [1.82, 2.24) is 0 Å². The smallest absolute Gasteiger partial charge is 0.468 e. The maximum absolute atomic E-state index is 12.3. The Kier molecular flexibility index (Phi) is 6.52. The molecule has 0 spiro atoms. The van der Waals surface area contributed by atoms with Crippen LogP contribution < -0.4 is 0 Å². The average molecular weight is 318 g/mol. The predicted molar refractivity (Wildman–Crippen MR) is 64.8 cm³/mol. The molecular formula is C11H17F3O5S. The van der Waals surface area contributed by atoms with E-state index in [0.29, 0.717) is 0 Å². The van der Waals surface area contributed by atoms with Gasteiger partial charge in [-0.3, -0.25) is 4.79 Å². The topological polar surface area (TPSA) is 69.7 Å². The predicted octanol–water partition coefficient (Wildman–Crippen LogP) is 2.59. The molecule has 0 aromatic heterocycles. The molecule has 0 saturated heterocycles. The standard InChI is InChI=1S/C11H17F3O5S/c1-7(2)5-6-9(8(3)10(15)18-4)19-20(16,17)11(12,13)14/h6-8H,5H2,1-4H3/b9-6+. The highest BCUT2D eigenvalue weighted by Crippen LogP contribution is 2.29. The van der Waals surface area contributed by atoms with E-state index in [1.54, 1.807) is 13.8 Å². The summed E-state index contributed by atoms with van der Waals surface area (Å²) in [6.07, 6.45) is 1.40. The van der Waals surface area contributed by atoms with E-state index in [1.165, 1.54) is 6.92 Å². The van der Waals surface area contributed by atoms with E-state index in [9.17, 15) is 26.4 Å². The van der Waals surface area contributed by atoms with Crippen molar-refractivity contribution in [3.05, 3.63) is 11.8 Å². The van der Waals surface area contributed by atoms with Gasteiger partial charge in [0.25, 0.3) is 0 Å². The van der Waals surface area contributed by atoms with E-state index in [4.69, 9.17) is 0 Å². The summed E-state index contributed by atoms with van der Waals surface area (Å²) >= 11 is 0. The Morgan fingerprint density at radius 2 is 1.75 bits per heavy atom. The Labute approximate surface area is 115 Å². The Morgan fingerprint density at radius 1 is 1.25 bits per heavy atom.